The molecule has 0 radical (unpaired) electrons. The zero-order chi connectivity index (χ0) is 15.8. The molecule has 0 amide bonds. The predicted molar refractivity (Wildman–Crippen MR) is 90.6 cm³/mol. The van der Waals surface area contributed by atoms with Gasteiger partial charge in [-0.3, -0.25) is 0 Å². The van der Waals surface area contributed by atoms with Crippen molar-refractivity contribution in [2.45, 2.75) is 39.2 Å². The smallest absolute Gasteiger partial charge is 0.128 e. The number of benzene rings is 2. The lowest BCUT2D eigenvalue weighted by molar-refractivity contribution is 0.311. The van der Waals surface area contributed by atoms with Crippen molar-refractivity contribution in [1.29, 1.82) is 0 Å². The molecule has 0 heterocycles. The van der Waals surface area contributed by atoms with Gasteiger partial charge < -0.3 is 15.2 Å². The Bertz CT molecular complexity index is 569. The zero-order valence-corrected chi connectivity index (χ0v) is 13.4. The van der Waals surface area contributed by atoms with E-state index in [1.165, 1.54) is 0 Å². The molecule has 2 rings (SSSR count). The highest BCUT2D eigenvalue weighted by atomic mass is 16.5. The van der Waals surface area contributed by atoms with Gasteiger partial charge in [-0.1, -0.05) is 38.5 Å². The Balaban J connectivity index is 2.23. The van der Waals surface area contributed by atoms with Crippen molar-refractivity contribution >= 4 is 0 Å². The van der Waals surface area contributed by atoms with Crippen LogP contribution in [0.3, 0.4) is 0 Å². The lowest BCUT2D eigenvalue weighted by Gasteiger charge is -2.18. The van der Waals surface area contributed by atoms with E-state index in [0.29, 0.717) is 6.61 Å². The van der Waals surface area contributed by atoms with Crippen LogP contribution >= 0.6 is 0 Å². The van der Waals surface area contributed by atoms with Crippen LogP contribution in [0.5, 0.6) is 17.2 Å². The molecule has 0 saturated heterocycles. The molecule has 0 aliphatic rings. The van der Waals surface area contributed by atoms with Crippen LogP contribution in [-0.4, -0.2) is 6.61 Å². The van der Waals surface area contributed by atoms with E-state index in [1.807, 2.05) is 48.5 Å². The molecule has 2 N–H and O–H groups in total. The summed E-state index contributed by atoms with van der Waals surface area (Å²) in [6.07, 6.45) is 2.94. The molecule has 0 bridgehead atoms. The van der Waals surface area contributed by atoms with E-state index in [4.69, 9.17) is 15.2 Å². The van der Waals surface area contributed by atoms with Gasteiger partial charge in [0.2, 0.25) is 0 Å². The molecule has 0 aromatic heterocycles. The second kappa shape index (κ2) is 8.44. The third-order valence-electron chi connectivity index (χ3n) is 3.42. The van der Waals surface area contributed by atoms with Crippen LogP contribution in [0.1, 0.15) is 44.7 Å². The number of ether oxygens (including phenoxy) is 2. The number of para-hydroxylation sites is 1. The summed E-state index contributed by atoms with van der Waals surface area (Å²) < 4.78 is 11.7. The Morgan fingerprint density at radius 1 is 0.955 bits per heavy atom. The minimum atomic E-state index is -0.0313. The number of nitrogens with two attached hydrogens (primary N) is 1. The van der Waals surface area contributed by atoms with Crippen LogP contribution in [0.2, 0.25) is 0 Å². The monoisotopic (exact) mass is 299 g/mol. The SMILES string of the molecule is CCCOc1ccc(Oc2ccccc2)cc1C(N)CCC. The third kappa shape index (κ3) is 4.50. The summed E-state index contributed by atoms with van der Waals surface area (Å²) in [4.78, 5) is 0. The average Bonchev–Trinajstić information content (AvgIpc) is 2.55. The Labute approximate surface area is 133 Å². The molecule has 2 aromatic rings. The summed E-state index contributed by atoms with van der Waals surface area (Å²) in [5.41, 5.74) is 7.32. The second-order valence-corrected chi connectivity index (χ2v) is 5.36. The predicted octanol–water partition coefficient (Wildman–Crippen LogP) is 5.07. The molecule has 0 saturated carbocycles. The third-order valence-corrected chi connectivity index (χ3v) is 3.42. The molecule has 118 valence electrons. The maximum Gasteiger partial charge on any atom is 0.128 e. The molecule has 0 spiro atoms. The first-order chi connectivity index (χ1) is 10.7. The fourth-order valence-electron chi connectivity index (χ4n) is 2.31. The molecule has 0 aliphatic heterocycles. The molecule has 0 fully saturated rings. The van der Waals surface area contributed by atoms with Crippen molar-refractivity contribution in [3.8, 4) is 17.2 Å². The fourth-order valence-corrected chi connectivity index (χ4v) is 2.31. The van der Waals surface area contributed by atoms with E-state index in [2.05, 4.69) is 13.8 Å². The van der Waals surface area contributed by atoms with Crippen LogP contribution in [0.25, 0.3) is 0 Å². The van der Waals surface area contributed by atoms with E-state index < -0.39 is 0 Å². The van der Waals surface area contributed by atoms with Gasteiger partial charge in [0, 0.05) is 11.6 Å². The van der Waals surface area contributed by atoms with Gasteiger partial charge in [0.05, 0.1) is 6.61 Å². The summed E-state index contributed by atoms with van der Waals surface area (Å²) in [6.45, 7) is 4.93. The summed E-state index contributed by atoms with van der Waals surface area (Å²) in [7, 11) is 0. The lowest BCUT2D eigenvalue weighted by Crippen LogP contribution is -2.12. The highest BCUT2D eigenvalue weighted by Crippen LogP contribution is 2.32. The first kappa shape index (κ1) is 16.4. The quantitative estimate of drug-likeness (QED) is 0.740. The molecule has 1 atom stereocenters. The van der Waals surface area contributed by atoms with E-state index in [-0.39, 0.29) is 6.04 Å². The van der Waals surface area contributed by atoms with Gasteiger partial charge in [-0.25, -0.2) is 0 Å². The molecule has 3 heteroatoms. The second-order valence-electron chi connectivity index (χ2n) is 5.36. The maximum absolute atomic E-state index is 6.30. The zero-order valence-electron chi connectivity index (χ0n) is 13.4. The Morgan fingerprint density at radius 3 is 2.41 bits per heavy atom. The average molecular weight is 299 g/mol. The molecular formula is C19H25NO2. The normalized spacial score (nSPS) is 12.0. The van der Waals surface area contributed by atoms with Crippen LogP contribution in [0.15, 0.2) is 48.5 Å². The number of rotatable bonds is 8. The van der Waals surface area contributed by atoms with Crippen molar-refractivity contribution in [2.75, 3.05) is 6.61 Å². The van der Waals surface area contributed by atoms with Gasteiger partial charge in [-0.05, 0) is 43.2 Å². The van der Waals surface area contributed by atoms with Crippen molar-refractivity contribution in [2.24, 2.45) is 5.73 Å². The summed E-state index contributed by atoms with van der Waals surface area (Å²) in [6, 6.07) is 15.6. The van der Waals surface area contributed by atoms with Crippen molar-refractivity contribution in [1.82, 2.24) is 0 Å². The number of hydrogen-bond acceptors (Lipinski definition) is 3. The Hall–Kier alpha value is -2.00. The van der Waals surface area contributed by atoms with E-state index in [0.717, 1.165) is 42.1 Å². The minimum Gasteiger partial charge on any atom is -0.493 e. The van der Waals surface area contributed by atoms with Crippen molar-refractivity contribution in [3.05, 3.63) is 54.1 Å². The Kier molecular flexibility index (Phi) is 6.28. The van der Waals surface area contributed by atoms with Gasteiger partial charge in [0.1, 0.15) is 17.2 Å². The van der Waals surface area contributed by atoms with Gasteiger partial charge in [-0.2, -0.15) is 0 Å². The van der Waals surface area contributed by atoms with Crippen LogP contribution in [0, 0.1) is 0 Å². The van der Waals surface area contributed by atoms with E-state index in [9.17, 15) is 0 Å². The fraction of sp³-hybridized carbons (Fsp3) is 0.368. The summed E-state index contributed by atoms with van der Waals surface area (Å²) >= 11 is 0. The highest BCUT2D eigenvalue weighted by molar-refractivity contribution is 5.43. The molecule has 22 heavy (non-hydrogen) atoms. The molecule has 0 aliphatic carbocycles. The maximum atomic E-state index is 6.30. The minimum absolute atomic E-state index is 0.0313. The van der Waals surface area contributed by atoms with Crippen LogP contribution in [0.4, 0.5) is 0 Å². The Morgan fingerprint density at radius 2 is 1.73 bits per heavy atom. The topological polar surface area (TPSA) is 44.5 Å². The van der Waals surface area contributed by atoms with Crippen LogP contribution < -0.4 is 15.2 Å². The van der Waals surface area contributed by atoms with E-state index >= 15 is 0 Å². The van der Waals surface area contributed by atoms with E-state index in [1.54, 1.807) is 0 Å². The van der Waals surface area contributed by atoms with Crippen molar-refractivity contribution in [3.63, 3.8) is 0 Å². The van der Waals surface area contributed by atoms with Gasteiger partial charge in [0.15, 0.2) is 0 Å². The largest absolute Gasteiger partial charge is 0.493 e. The van der Waals surface area contributed by atoms with Crippen LogP contribution in [-0.2, 0) is 0 Å². The van der Waals surface area contributed by atoms with Crippen molar-refractivity contribution < 1.29 is 9.47 Å². The summed E-state index contributed by atoms with van der Waals surface area (Å²) in [5.74, 6) is 2.47. The standard InChI is InChI=1S/C19H25NO2/c1-3-8-18(20)17-14-16(11-12-19(17)21-13-4-2)22-15-9-6-5-7-10-15/h5-7,9-12,14,18H,3-4,8,13,20H2,1-2H3. The summed E-state index contributed by atoms with van der Waals surface area (Å²) in [5, 5.41) is 0. The highest BCUT2D eigenvalue weighted by Gasteiger charge is 2.13. The van der Waals surface area contributed by atoms with Gasteiger partial charge in [0.25, 0.3) is 0 Å². The molecule has 1 unspecified atom stereocenters. The molecular weight excluding hydrogens is 274 g/mol. The first-order valence-corrected chi connectivity index (χ1v) is 7.99. The molecule has 2 aromatic carbocycles. The molecule has 3 nitrogen and oxygen atoms in total. The van der Waals surface area contributed by atoms with Gasteiger partial charge >= 0.3 is 0 Å². The van der Waals surface area contributed by atoms with Gasteiger partial charge in [-0.15, -0.1) is 0 Å². The number of hydrogen-bond donors (Lipinski definition) is 1. The first-order valence-electron chi connectivity index (χ1n) is 7.99. The lowest BCUT2D eigenvalue weighted by atomic mass is 10.0.